The lowest BCUT2D eigenvalue weighted by atomic mass is 10.1. The number of imidazole rings is 1. The normalized spacial score (nSPS) is 12.5. The molecule has 0 radical (unpaired) electrons. The number of hydrogen-bond donors (Lipinski definition) is 1. The van der Waals surface area contributed by atoms with E-state index >= 15 is 0 Å². The third-order valence-electron chi connectivity index (χ3n) is 4.44. The standard InChI is InChI=1S/C19H20N4O4S/c1-13(15-4-7-17(8-5-15)22-11-10-20-14(22)2)21-16-6-9-18(23(24)25)19(12-16)28(3,26)27/h4-13,21H,1-3H3. The number of anilines is 1. The van der Waals surface area contributed by atoms with Crippen LogP contribution in [0.1, 0.15) is 24.4 Å². The Balaban J connectivity index is 1.84. The Morgan fingerprint density at radius 3 is 2.39 bits per heavy atom. The number of hydrogen-bond acceptors (Lipinski definition) is 6. The van der Waals surface area contributed by atoms with E-state index in [2.05, 4.69) is 10.3 Å². The van der Waals surface area contributed by atoms with E-state index in [4.69, 9.17) is 0 Å². The van der Waals surface area contributed by atoms with E-state index in [1.807, 2.05) is 48.9 Å². The molecule has 1 atom stereocenters. The van der Waals surface area contributed by atoms with Crippen molar-refractivity contribution in [1.82, 2.24) is 9.55 Å². The van der Waals surface area contributed by atoms with E-state index < -0.39 is 20.4 Å². The van der Waals surface area contributed by atoms with Gasteiger partial charge in [0.1, 0.15) is 10.7 Å². The zero-order valence-electron chi connectivity index (χ0n) is 15.7. The molecule has 1 N–H and O–H groups in total. The lowest BCUT2D eigenvalue weighted by Crippen LogP contribution is -2.09. The molecule has 1 heterocycles. The number of nitro benzene ring substituents is 1. The van der Waals surface area contributed by atoms with Crippen LogP contribution in [0.15, 0.2) is 59.8 Å². The zero-order chi connectivity index (χ0) is 20.5. The first-order valence-corrected chi connectivity index (χ1v) is 10.4. The van der Waals surface area contributed by atoms with Gasteiger partial charge in [-0.05, 0) is 43.7 Å². The summed E-state index contributed by atoms with van der Waals surface area (Å²) in [5.74, 6) is 0.887. The molecule has 8 nitrogen and oxygen atoms in total. The van der Waals surface area contributed by atoms with Crippen molar-refractivity contribution in [3.63, 3.8) is 0 Å². The van der Waals surface area contributed by atoms with E-state index in [9.17, 15) is 18.5 Å². The van der Waals surface area contributed by atoms with Crippen molar-refractivity contribution < 1.29 is 13.3 Å². The monoisotopic (exact) mass is 400 g/mol. The fraction of sp³-hybridized carbons (Fsp3) is 0.211. The minimum Gasteiger partial charge on any atom is -0.378 e. The van der Waals surface area contributed by atoms with E-state index in [1.165, 1.54) is 18.2 Å². The fourth-order valence-electron chi connectivity index (χ4n) is 2.96. The number of rotatable bonds is 6. The molecule has 3 rings (SSSR count). The van der Waals surface area contributed by atoms with Crippen LogP contribution in [0.25, 0.3) is 5.69 Å². The van der Waals surface area contributed by atoms with E-state index in [0.29, 0.717) is 5.69 Å². The predicted molar refractivity (Wildman–Crippen MR) is 107 cm³/mol. The summed E-state index contributed by atoms with van der Waals surface area (Å²) in [6.45, 7) is 3.85. The van der Waals surface area contributed by atoms with Crippen LogP contribution in [0.5, 0.6) is 0 Å². The van der Waals surface area contributed by atoms with Gasteiger partial charge in [-0.1, -0.05) is 12.1 Å². The largest absolute Gasteiger partial charge is 0.378 e. The van der Waals surface area contributed by atoms with Crippen molar-refractivity contribution in [1.29, 1.82) is 0 Å². The molecule has 0 amide bonds. The number of aryl methyl sites for hydroxylation is 1. The summed E-state index contributed by atoms with van der Waals surface area (Å²) in [4.78, 5) is 14.3. The van der Waals surface area contributed by atoms with E-state index in [-0.39, 0.29) is 10.9 Å². The Morgan fingerprint density at radius 1 is 1.18 bits per heavy atom. The van der Waals surface area contributed by atoms with Crippen LogP contribution in [0, 0.1) is 17.0 Å². The van der Waals surface area contributed by atoms with Crippen LogP contribution in [0.2, 0.25) is 0 Å². The number of nitrogens with zero attached hydrogens (tertiary/aromatic N) is 3. The lowest BCUT2D eigenvalue weighted by Gasteiger charge is -2.17. The molecule has 2 aromatic carbocycles. The third kappa shape index (κ3) is 4.04. The van der Waals surface area contributed by atoms with Crippen molar-refractivity contribution in [2.24, 2.45) is 0 Å². The summed E-state index contributed by atoms with van der Waals surface area (Å²) in [5, 5.41) is 14.3. The van der Waals surface area contributed by atoms with Crippen LogP contribution < -0.4 is 5.32 Å². The topological polar surface area (TPSA) is 107 Å². The highest BCUT2D eigenvalue weighted by Crippen LogP contribution is 2.29. The number of sulfone groups is 1. The van der Waals surface area contributed by atoms with Crippen molar-refractivity contribution in [3.8, 4) is 5.69 Å². The van der Waals surface area contributed by atoms with E-state index in [0.717, 1.165) is 23.3 Å². The highest BCUT2D eigenvalue weighted by molar-refractivity contribution is 7.90. The number of aromatic nitrogens is 2. The Morgan fingerprint density at radius 2 is 1.86 bits per heavy atom. The van der Waals surface area contributed by atoms with Gasteiger partial charge in [0.15, 0.2) is 9.84 Å². The highest BCUT2D eigenvalue weighted by Gasteiger charge is 2.22. The molecular weight excluding hydrogens is 380 g/mol. The summed E-state index contributed by atoms with van der Waals surface area (Å²) >= 11 is 0. The lowest BCUT2D eigenvalue weighted by molar-refractivity contribution is -0.387. The first-order chi connectivity index (χ1) is 13.2. The van der Waals surface area contributed by atoms with Gasteiger partial charge in [-0.3, -0.25) is 10.1 Å². The molecule has 0 fully saturated rings. The minimum absolute atomic E-state index is 0.133. The van der Waals surface area contributed by atoms with Crippen LogP contribution >= 0.6 is 0 Å². The van der Waals surface area contributed by atoms with Crippen molar-refractivity contribution in [2.45, 2.75) is 24.8 Å². The molecule has 28 heavy (non-hydrogen) atoms. The molecule has 0 aliphatic rings. The van der Waals surface area contributed by atoms with Gasteiger partial charge in [-0.15, -0.1) is 0 Å². The summed E-state index contributed by atoms with van der Waals surface area (Å²) in [6, 6.07) is 11.8. The van der Waals surface area contributed by atoms with Crippen molar-refractivity contribution in [2.75, 3.05) is 11.6 Å². The Labute approximate surface area is 162 Å². The number of nitrogens with one attached hydrogen (secondary N) is 1. The Hall–Kier alpha value is -3.20. The van der Waals surface area contributed by atoms with Gasteiger partial charge in [-0.2, -0.15) is 0 Å². The number of nitro groups is 1. The summed E-state index contributed by atoms with van der Waals surface area (Å²) in [7, 11) is -3.73. The van der Waals surface area contributed by atoms with Gasteiger partial charge in [-0.25, -0.2) is 13.4 Å². The predicted octanol–water partition coefficient (Wildman–Crippen LogP) is 3.67. The Kier molecular flexibility index (Phi) is 5.19. The Bertz CT molecular complexity index is 1120. The molecule has 0 spiro atoms. The molecule has 0 saturated carbocycles. The molecule has 9 heteroatoms. The molecular formula is C19H20N4O4S. The maximum absolute atomic E-state index is 11.9. The average molecular weight is 400 g/mol. The second-order valence-electron chi connectivity index (χ2n) is 6.51. The average Bonchev–Trinajstić information content (AvgIpc) is 3.07. The van der Waals surface area contributed by atoms with Crippen LogP contribution in [0.4, 0.5) is 11.4 Å². The fourth-order valence-corrected chi connectivity index (χ4v) is 3.82. The zero-order valence-corrected chi connectivity index (χ0v) is 16.5. The van der Waals surface area contributed by atoms with Crippen LogP contribution in [-0.4, -0.2) is 29.1 Å². The molecule has 0 aliphatic carbocycles. The molecule has 146 valence electrons. The molecule has 0 aliphatic heterocycles. The molecule has 0 bridgehead atoms. The highest BCUT2D eigenvalue weighted by atomic mass is 32.2. The number of benzene rings is 2. The smallest absolute Gasteiger partial charge is 0.288 e. The van der Waals surface area contributed by atoms with Gasteiger partial charge >= 0.3 is 0 Å². The quantitative estimate of drug-likeness (QED) is 0.500. The second kappa shape index (κ2) is 7.43. The first kappa shape index (κ1) is 19.6. The van der Waals surface area contributed by atoms with E-state index in [1.54, 1.807) is 6.20 Å². The molecule has 1 aromatic heterocycles. The third-order valence-corrected chi connectivity index (χ3v) is 5.56. The van der Waals surface area contributed by atoms with Gasteiger partial charge in [0.05, 0.1) is 4.92 Å². The van der Waals surface area contributed by atoms with Gasteiger partial charge in [0, 0.05) is 42.1 Å². The minimum atomic E-state index is -3.73. The van der Waals surface area contributed by atoms with Gasteiger partial charge in [0.2, 0.25) is 0 Å². The van der Waals surface area contributed by atoms with Gasteiger partial charge < -0.3 is 9.88 Å². The van der Waals surface area contributed by atoms with Crippen LogP contribution in [0.3, 0.4) is 0 Å². The molecule has 0 saturated heterocycles. The molecule has 1 unspecified atom stereocenters. The van der Waals surface area contributed by atoms with Crippen LogP contribution in [-0.2, 0) is 9.84 Å². The summed E-state index contributed by atoms with van der Waals surface area (Å²) < 4.78 is 25.8. The van der Waals surface area contributed by atoms with Crippen molar-refractivity contribution in [3.05, 3.63) is 76.4 Å². The SMILES string of the molecule is Cc1nccn1-c1ccc(C(C)Nc2ccc([N+](=O)[O-])c(S(C)(=O)=O)c2)cc1. The van der Waals surface area contributed by atoms with Gasteiger partial charge in [0.25, 0.3) is 5.69 Å². The maximum atomic E-state index is 11.9. The summed E-state index contributed by atoms with van der Waals surface area (Å²) in [5.41, 5.74) is 2.04. The second-order valence-corrected chi connectivity index (χ2v) is 8.50. The summed E-state index contributed by atoms with van der Waals surface area (Å²) in [6.07, 6.45) is 4.58. The maximum Gasteiger partial charge on any atom is 0.288 e. The molecule has 3 aromatic rings. The first-order valence-electron chi connectivity index (χ1n) is 8.52. The van der Waals surface area contributed by atoms with Crippen molar-refractivity contribution >= 4 is 21.2 Å².